The summed E-state index contributed by atoms with van der Waals surface area (Å²) in [5.74, 6) is -2.24. The summed E-state index contributed by atoms with van der Waals surface area (Å²) in [7, 11) is 0. The third kappa shape index (κ3) is 2.40. The van der Waals surface area contributed by atoms with Crippen molar-refractivity contribution in [1.29, 1.82) is 0 Å². The molecular formula is C11H18N2O4. The van der Waals surface area contributed by atoms with E-state index < -0.39 is 23.2 Å². The summed E-state index contributed by atoms with van der Waals surface area (Å²) in [5, 5.41) is 9.16. The zero-order valence-electron chi connectivity index (χ0n) is 10.1. The molecular weight excluding hydrogens is 224 g/mol. The summed E-state index contributed by atoms with van der Waals surface area (Å²) in [6.45, 7) is 3.23. The van der Waals surface area contributed by atoms with Crippen molar-refractivity contribution in [3.05, 3.63) is 0 Å². The van der Waals surface area contributed by atoms with Crippen molar-refractivity contribution in [2.24, 2.45) is 11.1 Å². The quantitative estimate of drug-likeness (QED) is 0.661. The molecule has 1 rings (SSSR count). The van der Waals surface area contributed by atoms with E-state index in [0.717, 1.165) is 6.42 Å². The van der Waals surface area contributed by atoms with Gasteiger partial charge in [-0.05, 0) is 26.7 Å². The van der Waals surface area contributed by atoms with Crippen LogP contribution >= 0.6 is 0 Å². The highest BCUT2D eigenvalue weighted by atomic mass is 16.4. The van der Waals surface area contributed by atoms with Crippen LogP contribution in [-0.4, -0.2) is 40.4 Å². The van der Waals surface area contributed by atoms with Crippen molar-refractivity contribution in [3.63, 3.8) is 0 Å². The van der Waals surface area contributed by atoms with E-state index in [-0.39, 0.29) is 12.6 Å². The second-order valence-electron chi connectivity index (χ2n) is 4.73. The summed E-state index contributed by atoms with van der Waals surface area (Å²) in [5.41, 5.74) is 3.73. The molecule has 1 aliphatic carbocycles. The highest BCUT2D eigenvalue weighted by molar-refractivity contribution is 6.03. The molecule has 96 valence electrons. The minimum atomic E-state index is -1.33. The Balaban J connectivity index is 2.91. The number of nitrogens with two attached hydrogens (primary N) is 1. The van der Waals surface area contributed by atoms with Crippen LogP contribution in [0.15, 0.2) is 0 Å². The van der Waals surface area contributed by atoms with E-state index in [9.17, 15) is 14.4 Å². The Labute approximate surface area is 99.8 Å². The summed E-state index contributed by atoms with van der Waals surface area (Å²) >= 11 is 0. The SMILES string of the molecule is CC(C)N(CC(N)=O)C(=O)C1(C(=O)O)CCC1. The Bertz CT molecular complexity index is 347. The number of carbonyl (C=O) groups is 3. The van der Waals surface area contributed by atoms with Crippen LogP contribution in [0.1, 0.15) is 33.1 Å². The molecule has 0 aromatic rings. The average Bonchev–Trinajstić information content (AvgIpc) is 2.10. The Morgan fingerprint density at radius 1 is 1.35 bits per heavy atom. The van der Waals surface area contributed by atoms with Crippen molar-refractivity contribution in [1.82, 2.24) is 4.90 Å². The number of amides is 2. The zero-order valence-corrected chi connectivity index (χ0v) is 10.1. The molecule has 2 amide bonds. The fourth-order valence-electron chi connectivity index (χ4n) is 1.98. The molecule has 0 unspecified atom stereocenters. The molecule has 0 bridgehead atoms. The maximum Gasteiger partial charge on any atom is 0.319 e. The molecule has 1 aliphatic rings. The Morgan fingerprint density at radius 2 is 1.88 bits per heavy atom. The van der Waals surface area contributed by atoms with E-state index in [4.69, 9.17) is 10.8 Å². The number of carboxylic acids is 1. The first-order valence-electron chi connectivity index (χ1n) is 5.64. The van der Waals surface area contributed by atoms with E-state index in [0.29, 0.717) is 12.8 Å². The molecule has 17 heavy (non-hydrogen) atoms. The van der Waals surface area contributed by atoms with Gasteiger partial charge < -0.3 is 15.7 Å². The van der Waals surface area contributed by atoms with Crippen molar-refractivity contribution in [2.45, 2.75) is 39.2 Å². The molecule has 0 atom stereocenters. The van der Waals surface area contributed by atoms with Gasteiger partial charge in [0.2, 0.25) is 11.8 Å². The highest BCUT2D eigenvalue weighted by Gasteiger charge is 2.53. The first kappa shape index (κ1) is 13.5. The molecule has 0 aromatic heterocycles. The van der Waals surface area contributed by atoms with Gasteiger partial charge in [0.1, 0.15) is 5.41 Å². The molecule has 3 N–H and O–H groups in total. The fourth-order valence-corrected chi connectivity index (χ4v) is 1.98. The van der Waals surface area contributed by atoms with Crippen LogP contribution in [0.2, 0.25) is 0 Å². The van der Waals surface area contributed by atoms with Crippen LogP contribution < -0.4 is 5.73 Å². The molecule has 0 spiro atoms. The largest absolute Gasteiger partial charge is 0.480 e. The van der Waals surface area contributed by atoms with Crippen LogP contribution in [0.4, 0.5) is 0 Å². The van der Waals surface area contributed by atoms with Gasteiger partial charge >= 0.3 is 5.97 Å². The third-order valence-electron chi connectivity index (χ3n) is 3.24. The normalized spacial score (nSPS) is 17.4. The van der Waals surface area contributed by atoms with Crippen molar-refractivity contribution in [2.75, 3.05) is 6.54 Å². The molecule has 6 heteroatoms. The lowest BCUT2D eigenvalue weighted by atomic mass is 9.67. The van der Waals surface area contributed by atoms with E-state index in [2.05, 4.69) is 0 Å². The molecule has 1 fully saturated rings. The van der Waals surface area contributed by atoms with E-state index in [1.54, 1.807) is 13.8 Å². The van der Waals surface area contributed by atoms with Gasteiger partial charge in [-0.25, -0.2) is 0 Å². The number of aliphatic carboxylic acids is 1. The van der Waals surface area contributed by atoms with Gasteiger partial charge in [-0.1, -0.05) is 6.42 Å². The summed E-state index contributed by atoms with van der Waals surface area (Å²) in [6, 6.07) is -0.244. The molecule has 0 aliphatic heterocycles. The van der Waals surface area contributed by atoms with Gasteiger partial charge in [0.15, 0.2) is 0 Å². The molecule has 0 radical (unpaired) electrons. The maximum atomic E-state index is 12.2. The minimum Gasteiger partial charge on any atom is -0.480 e. The summed E-state index contributed by atoms with van der Waals surface area (Å²) < 4.78 is 0. The van der Waals surface area contributed by atoms with Crippen LogP contribution in [0.5, 0.6) is 0 Å². The fraction of sp³-hybridized carbons (Fsp3) is 0.727. The molecule has 6 nitrogen and oxygen atoms in total. The van der Waals surface area contributed by atoms with E-state index in [1.165, 1.54) is 4.90 Å². The van der Waals surface area contributed by atoms with E-state index in [1.807, 2.05) is 0 Å². The Kier molecular flexibility index (Phi) is 3.75. The molecule has 0 aromatic carbocycles. The summed E-state index contributed by atoms with van der Waals surface area (Å²) in [4.78, 5) is 35.5. The first-order chi connectivity index (χ1) is 7.81. The van der Waals surface area contributed by atoms with Gasteiger partial charge in [-0.15, -0.1) is 0 Å². The lowest BCUT2D eigenvalue weighted by molar-refractivity contribution is -0.169. The van der Waals surface area contributed by atoms with Crippen LogP contribution in [-0.2, 0) is 14.4 Å². The number of hydrogen-bond acceptors (Lipinski definition) is 3. The predicted molar refractivity (Wildman–Crippen MR) is 60.0 cm³/mol. The predicted octanol–water partition coefficient (Wildman–Crippen LogP) is -0.0364. The van der Waals surface area contributed by atoms with Crippen molar-refractivity contribution in [3.8, 4) is 0 Å². The van der Waals surface area contributed by atoms with Gasteiger partial charge in [0.05, 0.1) is 6.54 Å². The number of carboxylic acid groups (broad SMARTS) is 1. The first-order valence-corrected chi connectivity index (χ1v) is 5.64. The van der Waals surface area contributed by atoms with Crippen LogP contribution in [0, 0.1) is 5.41 Å². The molecule has 0 heterocycles. The van der Waals surface area contributed by atoms with Crippen molar-refractivity contribution >= 4 is 17.8 Å². The number of rotatable bonds is 5. The summed E-state index contributed by atoms with van der Waals surface area (Å²) in [6.07, 6.45) is 1.40. The minimum absolute atomic E-state index is 0.231. The Hall–Kier alpha value is -1.59. The second kappa shape index (κ2) is 4.73. The number of nitrogens with zero attached hydrogens (tertiary/aromatic N) is 1. The topological polar surface area (TPSA) is 101 Å². The Morgan fingerprint density at radius 3 is 2.12 bits per heavy atom. The number of primary amides is 1. The van der Waals surface area contributed by atoms with Crippen LogP contribution in [0.3, 0.4) is 0 Å². The van der Waals surface area contributed by atoms with Crippen molar-refractivity contribution < 1.29 is 19.5 Å². The lowest BCUT2D eigenvalue weighted by Gasteiger charge is -2.41. The highest BCUT2D eigenvalue weighted by Crippen LogP contribution is 2.43. The van der Waals surface area contributed by atoms with E-state index >= 15 is 0 Å². The van der Waals surface area contributed by atoms with Gasteiger partial charge in [0, 0.05) is 6.04 Å². The average molecular weight is 242 g/mol. The maximum absolute atomic E-state index is 12.2. The van der Waals surface area contributed by atoms with Gasteiger partial charge in [-0.2, -0.15) is 0 Å². The molecule has 1 saturated carbocycles. The zero-order chi connectivity index (χ0) is 13.2. The monoisotopic (exact) mass is 242 g/mol. The lowest BCUT2D eigenvalue weighted by Crippen LogP contribution is -2.56. The number of carbonyl (C=O) groups excluding carboxylic acids is 2. The smallest absolute Gasteiger partial charge is 0.319 e. The van der Waals surface area contributed by atoms with Gasteiger partial charge in [0.25, 0.3) is 0 Å². The second-order valence-corrected chi connectivity index (χ2v) is 4.73. The van der Waals surface area contributed by atoms with Gasteiger partial charge in [-0.3, -0.25) is 14.4 Å². The standard InChI is InChI=1S/C11H18N2O4/c1-7(2)13(6-8(12)14)9(15)11(10(16)17)4-3-5-11/h7H,3-6H2,1-2H3,(H2,12,14)(H,16,17). The third-order valence-corrected chi connectivity index (χ3v) is 3.24. The number of hydrogen-bond donors (Lipinski definition) is 2. The van der Waals surface area contributed by atoms with Crippen LogP contribution in [0.25, 0.3) is 0 Å². The molecule has 0 saturated heterocycles.